The van der Waals surface area contributed by atoms with Crippen LogP contribution in [-0.4, -0.2) is 36.6 Å². The SMILES string of the molecule is COc1cc2c(c(O)c1OC)C(Cc1cccnc1)=NCC2. The summed E-state index contributed by atoms with van der Waals surface area (Å²) in [4.78, 5) is 8.72. The molecule has 0 amide bonds. The van der Waals surface area contributed by atoms with Gasteiger partial charge in [0.1, 0.15) is 0 Å². The van der Waals surface area contributed by atoms with Crippen LogP contribution in [0.15, 0.2) is 35.6 Å². The summed E-state index contributed by atoms with van der Waals surface area (Å²) in [7, 11) is 3.09. The van der Waals surface area contributed by atoms with E-state index in [1.165, 1.54) is 7.11 Å². The van der Waals surface area contributed by atoms with Crippen LogP contribution in [0.3, 0.4) is 0 Å². The van der Waals surface area contributed by atoms with Crippen molar-refractivity contribution in [3.8, 4) is 17.2 Å². The number of phenolic OH excluding ortho intramolecular Hbond substituents is 1. The predicted molar refractivity (Wildman–Crippen MR) is 84.3 cm³/mol. The predicted octanol–water partition coefficient (Wildman–Crippen LogP) is 2.39. The number of nitrogens with zero attached hydrogens (tertiary/aromatic N) is 2. The van der Waals surface area contributed by atoms with E-state index >= 15 is 0 Å². The first-order valence-electron chi connectivity index (χ1n) is 7.14. The van der Waals surface area contributed by atoms with Gasteiger partial charge in [0.15, 0.2) is 11.5 Å². The standard InChI is InChI=1S/C17H18N2O3/c1-21-14-9-12-5-7-19-13(8-11-4-3-6-18-10-11)15(12)16(20)17(14)22-2/h3-4,6,9-10,20H,5,7-8H2,1-2H3. The summed E-state index contributed by atoms with van der Waals surface area (Å²) in [5.41, 5.74) is 3.70. The molecule has 2 aromatic rings. The molecule has 5 heteroatoms. The number of methoxy groups -OCH3 is 2. The Morgan fingerprint density at radius 2 is 2.14 bits per heavy atom. The fourth-order valence-electron chi connectivity index (χ4n) is 2.78. The lowest BCUT2D eigenvalue weighted by Gasteiger charge is -2.21. The third kappa shape index (κ3) is 2.50. The number of rotatable bonds is 4. The Balaban J connectivity index is 2.06. The first-order chi connectivity index (χ1) is 10.7. The molecular formula is C17H18N2O3. The number of hydrogen-bond acceptors (Lipinski definition) is 5. The largest absolute Gasteiger partial charge is 0.504 e. The average molecular weight is 298 g/mol. The highest BCUT2D eigenvalue weighted by molar-refractivity contribution is 6.06. The van der Waals surface area contributed by atoms with Crippen molar-refractivity contribution in [1.82, 2.24) is 4.98 Å². The van der Waals surface area contributed by atoms with Gasteiger partial charge in [0.25, 0.3) is 0 Å². The molecule has 0 radical (unpaired) electrons. The third-order valence-corrected chi connectivity index (χ3v) is 3.79. The summed E-state index contributed by atoms with van der Waals surface area (Å²) < 4.78 is 10.6. The molecule has 0 saturated carbocycles. The van der Waals surface area contributed by atoms with Crippen molar-refractivity contribution in [3.63, 3.8) is 0 Å². The van der Waals surface area contributed by atoms with Crippen LogP contribution in [0.25, 0.3) is 0 Å². The number of aromatic nitrogens is 1. The molecule has 0 atom stereocenters. The lowest BCUT2D eigenvalue weighted by atomic mass is 9.92. The van der Waals surface area contributed by atoms with Crippen LogP contribution in [-0.2, 0) is 12.8 Å². The molecule has 22 heavy (non-hydrogen) atoms. The molecule has 3 rings (SSSR count). The molecule has 0 bridgehead atoms. The molecular weight excluding hydrogens is 280 g/mol. The molecule has 0 spiro atoms. The van der Waals surface area contributed by atoms with E-state index in [-0.39, 0.29) is 5.75 Å². The van der Waals surface area contributed by atoms with E-state index < -0.39 is 0 Å². The lowest BCUT2D eigenvalue weighted by Crippen LogP contribution is -2.16. The zero-order valence-electron chi connectivity index (χ0n) is 12.7. The van der Waals surface area contributed by atoms with Gasteiger partial charge in [0, 0.05) is 30.9 Å². The van der Waals surface area contributed by atoms with Gasteiger partial charge < -0.3 is 14.6 Å². The van der Waals surface area contributed by atoms with Gasteiger partial charge in [-0.3, -0.25) is 9.98 Å². The van der Waals surface area contributed by atoms with E-state index in [0.717, 1.165) is 28.8 Å². The van der Waals surface area contributed by atoms with Gasteiger partial charge in [0.2, 0.25) is 5.75 Å². The van der Waals surface area contributed by atoms with E-state index in [0.29, 0.717) is 24.5 Å². The normalized spacial score (nSPS) is 13.3. The summed E-state index contributed by atoms with van der Waals surface area (Å²) in [5.74, 6) is 0.989. The third-order valence-electron chi connectivity index (χ3n) is 3.79. The molecule has 2 heterocycles. The molecule has 0 fully saturated rings. The number of hydrogen-bond donors (Lipinski definition) is 1. The Bertz CT molecular complexity index is 712. The minimum Gasteiger partial charge on any atom is -0.504 e. The maximum Gasteiger partial charge on any atom is 0.203 e. The first kappa shape index (κ1) is 14.4. The van der Waals surface area contributed by atoms with Crippen LogP contribution >= 0.6 is 0 Å². The summed E-state index contributed by atoms with van der Waals surface area (Å²) in [6.07, 6.45) is 4.96. The summed E-state index contributed by atoms with van der Waals surface area (Å²) >= 11 is 0. The van der Waals surface area contributed by atoms with Crippen LogP contribution in [0, 0.1) is 0 Å². The van der Waals surface area contributed by atoms with Gasteiger partial charge >= 0.3 is 0 Å². The van der Waals surface area contributed by atoms with Gasteiger partial charge in [0.05, 0.1) is 19.9 Å². The highest BCUT2D eigenvalue weighted by Crippen LogP contribution is 2.42. The zero-order chi connectivity index (χ0) is 15.5. The molecule has 114 valence electrons. The molecule has 0 aliphatic carbocycles. The number of fused-ring (bicyclic) bond motifs is 1. The van der Waals surface area contributed by atoms with Gasteiger partial charge in [-0.2, -0.15) is 0 Å². The highest BCUT2D eigenvalue weighted by atomic mass is 16.5. The topological polar surface area (TPSA) is 63.9 Å². The number of aromatic hydroxyl groups is 1. The fraction of sp³-hybridized carbons (Fsp3) is 0.294. The molecule has 1 aromatic heterocycles. The van der Waals surface area contributed by atoms with Crippen molar-refractivity contribution in [1.29, 1.82) is 0 Å². The molecule has 0 saturated heterocycles. The summed E-state index contributed by atoms with van der Waals surface area (Å²) in [6, 6.07) is 5.82. The van der Waals surface area contributed by atoms with E-state index in [1.54, 1.807) is 13.3 Å². The van der Waals surface area contributed by atoms with Gasteiger partial charge in [-0.1, -0.05) is 6.07 Å². The molecule has 1 aromatic carbocycles. The quantitative estimate of drug-likeness (QED) is 0.941. The van der Waals surface area contributed by atoms with Gasteiger partial charge in [-0.05, 0) is 29.7 Å². The highest BCUT2D eigenvalue weighted by Gasteiger charge is 2.24. The maximum atomic E-state index is 10.6. The minimum absolute atomic E-state index is 0.0965. The van der Waals surface area contributed by atoms with E-state index in [1.807, 2.05) is 24.4 Å². The number of phenols is 1. The monoisotopic (exact) mass is 298 g/mol. The number of ether oxygens (including phenoxy) is 2. The number of aliphatic imine (C=N–C) groups is 1. The Morgan fingerprint density at radius 3 is 2.82 bits per heavy atom. The van der Waals surface area contributed by atoms with Crippen LogP contribution in [0.5, 0.6) is 17.2 Å². The molecule has 1 aliphatic rings. The second-order valence-electron chi connectivity index (χ2n) is 5.11. The fourth-order valence-corrected chi connectivity index (χ4v) is 2.78. The van der Waals surface area contributed by atoms with E-state index in [2.05, 4.69) is 9.98 Å². The minimum atomic E-state index is 0.0965. The Kier molecular flexibility index (Phi) is 3.96. The molecule has 1 N–H and O–H groups in total. The van der Waals surface area contributed by atoms with Crippen LogP contribution < -0.4 is 9.47 Å². The number of benzene rings is 1. The second kappa shape index (κ2) is 6.05. The number of pyridine rings is 1. The van der Waals surface area contributed by atoms with E-state index in [9.17, 15) is 5.11 Å². The van der Waals surface area contributed by atoms with Gasteiger partial charge in [-0.15, -0.1) is 0 Å². The second-order valence-corrected chi connectivity index (χ2v) is 5.11. The molecule has 5 nitrogen and oxygen atoms in total. The molecule has 0 unspecified atom stereocenters. The average Bonchev–Trinajstić information content (AvgIpc) is 2.55. The maximum absolute atomic E-state index is 10.6. The van der Waals surface area contributed by atoms with Crippen LogP contribution in [0.2, 0.25) is 0 Å². The van der Waals surface area contributed by atoms with Crippen LogP contribution in [0.4, 0.5) is 0 Å². The summed E-state index contributed by atoms with van der Waals surface area (Å²) in [5, 5.41) is 10.6. The summed E-state index contributed by atoms with van der Waals surface area (Å²) in [6.45, 7) is 0.706. The van der Waals surface area contributed by atoms with Crippen LogP contribution in [0.1, 0.15) is 16.7 Å². The van der Waals surface area contributed by atoms with Crippen molar-refractivity contribution in [3.05, 3.63) is 47.3 Å². The van der Waals surface area contributed by atoms with Gasteiger partial charge in [-0.25, -0.2) is 0 Å². The Morgan fingerprint density at radius 1 is 1.27 bits per heavy atom. The Labute approximate surface area is 129 Å². The van der Waals surface area contributed by atoms with Crippen molar-refractivity contribution in [2.45, 2.75) is 12.8 Å². The first-order valence-corrected chi connectivity index (χ1v) is 7.14. The lowest BCUT2D eigenvalue weighted by molar-refractivity contribution is 0.332. The van der Waals surface area contributed by atoms with Crippen molar-refractivity contribution < 1.29 is 14.6 Å². The van der Waals surface area contributed by atoms with Crippen molar-refractivity contribution >= 4 is 5.71 Å². The zero-order valence-corrected chi connectivity index (χ0v) is 12.7. The Hall–Kier alpha value is -2.56. The van der Waals surface area contributed by atoms with E-state index in [4.69, 9.17) is 9.47 Å². The smallest absolute Gasteiger partial charge is 0.203 e. The van der Waals surface area contributed by atoms with Crippen molar-refractivity contribution in [2.24, 2.45) is 4.99 Å². The van der Waals surface area contributed by atoms with Crippen molar-refractivity contribution in [2.75, 3.05) is 20.8 Å². The molecule has 1 aliphatic heterocycles.